The van der Waals surface area contributed by atoms with E-state index in [0.717, 1.165) is 49.4 Å². The van der Waals surface area contributed by atoms with Gasteiger partial charge in [-0.25, -0.2) is 4.21 Å². The molecule has 0 unspecified atom stereocenters. The smallest absolute Gasteiger partial charge is 0.286 e. The monoisotopic (exact) mass is 627 g/mol. The van der Waals surface area contributed by atoms with Gasteiger partial charge in [-0.3, -0.25) is 14.3 Å². The lowest BCUT2D eigenvalue weighted by Gasteiger charge is -2.43. The first kappa shape index (κ1) is 31.5. The predicted molar refractivity (Wildman–Crippen MR) is 171 cm³/mol. The number of hydrogen-bond acceptors (Lipinski definition) is 6. The van der Waals surface area contributed by atoms with E-state index in [0.29, 0.717) is 49.1 Å². The molecule has 4 atom stereocenters. The Bertz CT molecular complexity index is 1480. The molecule has 1 aliphatic carbocycles. The summed E-state index contributed by atoms with van der Waals surface area (Å²) in [5.74, 6) is 0.515. The van der Waals surface area contributed by atoms with Gasteiger partial charge in [-0.1, -0.05) is 36.7 Å². The van der Waals surface area contributed by atoms with Gasteiger partial charge in [-0.15, -0.1) is 4.36 Å². The van der Waals surface area contributed by atoms with Crippen molar-refractivity contribution in [3.8, 4) is 5.75 Å². The molecule has 5 rings (SSSR count). The van der Waals surface area contributed by atoms with Crippen LogP contribution < -0.4 is 14.4 Å². The highest BCUT2D eigenvalue weighted by Gasteiger charge is 2.38. The average Bonchev–Trinajstić information content (AvgIpc) is 3.00. The molecule has 2 heterocycles. The standard InChI is InChI=1S/C33H42ClN3O5S/c1-3-32(38)35-43(40)18-8-4-5-10-30(41-2)28-15-12-26(28)22-37-21-25-11-14-27(34)19-23(25)9-6-7-17-42-31-16-13-24(20-29(31)37)33(39)36-43/h5,10-11,13-14,16,19-20,26,28,30H,3-4,6-9,12,15,17-18,21-22H2,1-2H3,(H,35,36,38,39,40)/b10-5+/t26-,28+,30-,43-/m0/s1. The largest absolute Gasteiger partial charge is 0.491 e. The zero-order chi connectivity index (χ0) is 30.4. The van der Waals surface area contributed by atoms with Crippen molar-refractivity contribution >= 4 is 39.0 Å². The van der Waals surface area contributed by atoms with Crippen LogP contribution in [-0.2, 0) is 32.4 Å². The van der Waals surface area contributed by atoms with Gasteiger partial charge >= 0.3 is 0 Å². The second-order valence-corrected chi connectivity index (χ2v) is 14.2. The molecule has 0 aromatic heterocycles. The van der Waals surface area contributed by atoms with Crippen molar-refractivity contribution in [3.63, 3.8) is 0 Å². The van der Waals surface area contributed by atoms with Crippen LogP contribution in [0, 0.1) is 11.8 Å². The molecule has 10 heteroatoms. The summed E-state index contributed by atoms with van der Waals surface area (Å²) in [6.45, 7) is 3.61. The first-order valence-electron chi connectivity index (χ1n) is 15.4. The van der Waals surface area contributed by atoms with Gasteiger partial charge in [0.25, 0.3) is 5.91 Å². The summed E-state index contributed by atoms with van der Waals surface area (Å²) in [5, 5.41) is 0.722. The first-order chi connectivity index (χ1) is 20.8. The molecule has 1 saturated carbocycles. The second-order valence-electron chi connectivity index (χ2n) is 11.7. The van der Waals surface area contributed by atoms with Gasteiger partial charge in [0.2, 0.25) is 5.91 Å². The number of carbonyl (C=O) groups excluding carboxylic acids is 2. The average molecular weight is 628 g/mol. The number of nitrogens with one attached hydrogen (secondary N) is 1. The third kappa shape index (κ3) is 7.80. The van der Waals surface area contributed by atoms with E-state index in [1.165, 1.54) is 11.1 Å². The number of amides is 2. The number of anilines is 1. The summed E-state index contributed by atoms with van der Waals surface area (Å²) >= 11 is 6.42. The highest BCUT2D eigenvalue weighted by atomic mass is 35.5. The number of carbonyl (C=O) groups is 2. The van der Waals surface area contributed by atoms with E-state index in [2.05, 4.69) is 38.3 Å². The van der Waals surface area contributed by atoms with Crippen molar-refractivity contribution in [3.05, 3.63) is 70.3 Å². The third-order valence-corrected chi connectivity index (χ3v) is 10.8. The Balaban J connectivity index is 1.62. The van der Waals surface area contributed by atoms with E-state index in [-0.39, 0.29) is 18.3 Å². The van der Waals surface area contributed by atoms with Gasteiger partial charge in [0.05, 0.1) is 24.2 Å². The number of ether oxygens (including phenoxy) is 2. The Hall–Kier alpha value is -2.88. The first-order valence-corrected chi connectivity index (χ1v) is 17.4. The Morgan fingerprint density at radius 1 is 1.16 bits per heavy atom. The highest BCUT2D eigenvalue weighted by Crippen LogP contribution is 2.42. The molecule has 0 radical (unpaired) electrons. The van der Waals surface area contributed by atoms with E-state index in [4.69, 9.17) is 21.1 Å². The molecule has 0 saturated heterocycles. The van der Waals surface area contributed by atoms with Crippen molar-refractivity contribution in [2.24, 2.45) is 16.2 Å². The van der Waals surface area contributed by atoms with Crippen LogP contribution in [0.2, 0.25) is 5.02 Å². The van der Waals surface area contributed by atoms with Crippen molar-refractivity contribution in [2.75, 3.05) is 30.9 Å². The quantitative estimate of drug-likeness (QED) is 0.390. The fourth-order valence-corrected chi connectivity index (χ4v) is 8.04. The van der Waals surface area contributed by atoms with Gasteiger partial charge in [0.1, 0.15) is 15.7 Å². The molecule has 2 aromatic rings. The minimum absolute atomic E-state index is 0.0286. The van der Waals surface area contributed by atoms with Gasteiger partial charge in [-0.05, 0) is 98.2 Å². The van der Waals surface area contributed by atoms with Gasteiger partial charge < -0.3 is 14.4 Å². The van der Waals surface area contributed by atoms with Gasteiger partial charge in [0.15, 0.2) is 0 Å². The molecule has 8 nitrogen and oxygen atoms in total. The van der Waals surface area contributed by atoms with Crippen LogP contribution >= 0.6 is 11.6 Å². The number of halogens is 1. The fraction of sp³-hybridized carbons (Fsp3) is 0.515. The summed E-state index contributed by atoms with van der Waals surface area (Å²) in [5.41, 5.74) is 3.52. The zero-order valence-corrected chi connectivity index (χ0v) is 26.6. The van der Waals surface area contributed by atoms with Crippen LogP contribution in [0.4, 0.5) is 5.69 Å². The number of nitrogens with zero attached hydrogens (tertiary/aromatic N) is 2. The number of fused-ring (bicyclic) bond motifs is 3. The molecular formula is C33H42ClN3O5S. The SMILES string of the molecule is CCC(=O)N[S@]1(=O)=NC(=O)c2ccc3c(c2)N(Cc2ccc(Cl)cc2CCCCO3)C[C@@H]2CC[C@H]2[C@@H](OC)/C=C/CCC1. The van der Waals surface area contributed by atoms with E-state index in [1.54, 1.807) is 20.1 Å². The Labute approximate surface area is 260 Å². The van der Waals surface area contributed by atoms with E-state index in [9.17, 15) is 13.8 Å². The van der Waals surface area contributed by atoms with Crippen molar-refractivity contribution in [1.29, 1.82) is 0 Å². The normalized spacial score (nSPS) is 27.2. The minimum atomic E-state index is -3.31. The lowest BCUT2D eigenvalue weighted by molar-refractivity contribution is -0.118. The van der Waals surface area contributed by atoms with Crippen LogP contribution in [0.3, 0.4) is 0 Å². The number of benzene rings is 2. The maximum Gasteiger partial charge on any atom is 0.286 e. The van der Waals surface area contributed by atoms with Crippen LogP contribution in [0.5, 0.6) is 5.75 Å². The van der Waals surface area contributed by atoms with Gasteiger partial charge in [0, 0.05) is 37.2 Å². The lowest BCUT2D eigenvalue weighted by atomic mass is 9.70. The highest BCUT2D eigenvalue weighted by molar-refractivity contribution is 7.92. The molecule has 1 fully saturated rings. The minimum Gasteiger partial charge on any atom is -0.491 e. The molecule has 0 spiro atoms. The number of aryl methyl sites for hydroxylation is 1. The molecule has 2 aromatic carbocycles. The van der Waals surface area contributed by atoms with E-state index >= 15 is 0 Å². The van der Waals surface area contributed by atoms with Crippen LogP contribution in [0.15, 0.2) is 52.9 Å². The summed E-state index contributed by atoms with van der Waals surface area (Å²) < 4.78 is 32.7. The summed E-state index contributed by atoms with van der Waals surface area (Å²) in [6.07, 6.45) is 10.4. The third-order valence-electron chi connectivity index (χ3n) is 8.74. The molecule has 2 aliphatic heterocycles. The Kier molecular flexibility index (Phi) is 10.5. The molecule has 1 N–H and O–H groups in total. The maximum atomic E-state index is 13.8. The molecule has 232 valence electrons. The van der Waals surface area contributed by atoms with Crippen LogP contribution in [-0.4, -0.2) is 48.1 Å². The second kappa shape index (κ2) is 14.3. The van der Waals surface area contributed by atoms with Crippen LogP contribution in [0.1, 0.15) is 73.4 Å². The predicted octanol–water partition coefficient (Wildman–Crippen LogP) is 6.50. The Morgan fingerprint density at radius 2 is 2.02 bits per heavy atom. The maximum absolute atomic E-state index is 13.8. The topological polar surface area (TPSA) is 97.3 Å². The molecule has 3 aliphatic rings. The van der Waals surface area contributed by atoms with Gasteiger partial charge in [-0.2, -0.15) is 0 Å². The van der Waals surface area contributed by atoms with Crippen molar-refractivity contribution in [1.82, 2.24) is 4.72 Å². The summed E-state index contributed by atoms with van der Waals surface area (Å²) in [7, 11) is -1.55. The van der Waals surface area contributed by atoms with Crippen molar-refractivity contribution < 1.29 is 23.3 Å². The molecule has 2 amide bonds. The zero-order valence-electron chi connectivity index (χ0n) is 25.1. The van der Waals surface area contributed by atoms with E-state index in [1.807, 2.05) is 18.2 Å². The number of methoxy groups -OCH3 is 1. The molecule has 43 heavy (non-hydrogen) atoms. The van der Waals surface area contributed by atoms with E-state index < -0.39 is 21.7 Å². The number of hydrogen-bond donors (Lipinski definition) is 1. The number of allylic oxidation sites excluding steroid dienone is 1. The van der Waals surface area contributed by atoms with Crippen LogP contribution in [0.25, 0.3) is 0 Å². The fourth-order valence-electron chi connectivity index (χ4n) is 6.17. The van der Waals surface area contributed by atoms with Crippen molar-refractivity contribution in [2.45, 2.75) is 70.9 Å². The molecular weight excluding hydrogens is 586 g/mol. The Morgan fingerprint density at radius 3 is 2.79 bits per heavy atom. The summed E-state index contributed by atoms with van der Waals surface area (Å²) in [6, 6.07) is 11.4. The molecule has 2 bridgehead atoms. The lowest BCUT2D eigenvalue weighted by Crippen LogP contribution is -2.43. The number of rotatable bonds is 3. The summed E-state index contributed by atoms with van der Waals surface area (Å²) in [4.78, 5) is 28.1.